The number of benzene rings is 3. The molecule has 0 spiro atoms. The van der Waals surface area contributed by atoms with Gasteiger partial charge >= 0.3 is 0 Å². The number of para-hydroxylation sites is 1. The summed E-state index contributed by atoms with van der Waals surface area (Å²) in [6, 6.07) is 21.6. The molecule has 8 heteroatoms. The van der Waals surface area contributed by atoms with Gasteiger partial charge in [-0.25, -0.2) is 4.39 Å². The number of methoxy groups -OCH3 is 1. The number of thiocarbonyl (C=S) groups is 1. The van der Waals surface area contributed by atoms with Crippen molar-refractivity contribution in [3.05, 3.63) is 90.2 Å². The molecule has 6 nitrogen and oxygen atoms in total. The van der Waals surface area contributed by atoms with Crippen LogP contribution >= 0.6 is 12.2 Å². The number of ether oxygens (including phenoxy) is 1. The second kappa shape index (κ2) is 10.4. The lowest BCUT2D eigenvalue weighted by Crippen LogP contribution is -2.39. The molecular formula is C26H24FN3O3S. The van der Waals surface area contributed by atoms with E-state index in [9.17, 15) is 14.0 Å². The summed E-state index contributed by atoms with van der Waals surface area (Å²) in [5.74, 6) is -0.226. The van der Waals surface area contributed by atoms with Crippen LogP contribution in [0.15, 0.2) is 78.9 Å². The lowest BCUT2D eigenvalue weighted by atomic mass is 10.1. The van der Waals surface area contributed by atoms with E-state index >= 15 is 0 Å². The molecule has 0 bridgehead atoms. The van der Waals surface area contributed by atoms with Gasteiger partial charge in [0, 0.05) is 12.2 Å². The molecule has 2 amide bonds. The maximum atomic E-state index is 13.4. The monoisotopic (exact) mass is 477 g/mol. The second-order valence-corrected chi connectivity index (χ2v) is 8.22. The van der Waals surface area contributed by atoms with E-state index in [1.54, 1.807) is 12.0 Å². The van der Waals surface area contributed by atoms with E-state index in [2.05, 4.69) is 5.32 Å². The van der Waals surface area contributed by atoms with Crippen molar-refractivity contribution in [3.8, 4) is 5.75 Å². The van der Waals surface area contributed by atoms with Crippen molar-refractivity contribution < 1.29 is 18.7 Å². The van der Waals surface area contributed by atoms with Crippen LogP contribution in [-0.2, 0) is 16.0 Å². The number of hydrogen-bond donors (Lipinski definition) is 1. The minimum atomic E-state index is -0.744. The summed E-state index contributed by atoms with van der Waals surface area (Å²) in [7, 11) is 1.61. The van der Waals surface area contributed by atoms with Gasteiger partial charge in [0.15, 0.2) is 5.11 Å². The zero-order valence-electron chi connectivity index (χ0n) is 18.6. The highest BCUT2D eigenvalue weighted by Gasteiger charge is 2.43. The van der Waals surface area contributed by atoms with Crippen LogP contribution in [0.3, 0.4) is 0 Å². The van der Waals surface area contributed by atoms with E-state index in [4.69, 9.17) is 17.0 Å². The summed E-state index contributed by atoms with van der Waals surface area (Å²) in [6.45, 7) is 0.467. The Labute approximate surface area is 202 Å². The van der Waals surface area contributed by atoms with Crippen molar-refractivity contribution in [1.29, 1.82) is 0 Å². The van der Waals surface area contributed by atoms with Crippen LogP contribution in [0.4, 0.5) is 15.8 Å². The third-order valence-electron chi connectivity index (χ3n) is 5.64. The maximum absolute atomic E-state index is 13.4. The molecule has 1 aliphatic heterocycles. The summed E-state index contributed by atoms with van der Waals surface area (Å²) >= 11 is 5.69. The number of anilines is 2. The molecule has 0 radical (unpaired) electrons. The van der Waals surface area contributed by atoms with Crippen LogP contribution in [0.5, 0.6) is 5.75 Å². The number of carbonyl (C=O) groups is 2. The molecule has 0 unspecified atom stereocenters. The molecule has 0 aliphatic carbocycles. The zero-order chi connectivity index (χ0) is 24.1. The highest BCUT2D eigenvalue weighted by atomic mass is 32.1. The Kier molecular flexibility index (Phi) is 7.18. The van der Waals surface area contributed by atoms with Gasteiger partial charge in [0.25, 0.3) is 5.91 Å². The average Bonchev–Trinajstić information content (AvgIpc) is 3.08. The molecule has 1 N–H and O–H groups in total. The molecule has 3 aromatic rings. The molecule has 1 aliphatic rings. The third kappa shape index (κ3) is 5.23. The highest BCUT2D eigenvalue weighted by Crippen LogP contribution is 2.28. The Morgan fingerprint density at radius 3 is 2.35 bits per heavy atom. The topological polar surface area (TPSA) is 61.9 Å². The molecule has 1 heterocycles. The van der Waals surface area contributed by atoms with E-state index in [-0.39, 0.29) is 18.2 Å². The Morgan fingerprint density at radius 2 is 1.71 bits per heavy atom. The van der Waals surface area contributed by atoms with E-state index in [1.165, 1.54) is 29.2 Å². The van der Waals surface area contributed by atoms with Gasteiger partial charge in [0.2, 0.25) is 5.91 Å². The molecular weight excluding hydrogens is 453 g/mol. The van der Waals surface area contributed by atoms with Crippen LogP contribution < -0.4 is 15.0 Å². The summed E-state index contributed by atoms with van der Waals surface area (Å²) in [4.78, 5) is 29.5. The number of carbonyl (C=O) groups excluding carboxylic acids is 2. The Balaban J connectivity index is 1.53. The standard InChI is InChI=1S/C26H24FN3O3S/c1-33-22-13-7-18(8-14-22)15-16-29-23(17-24(31)28-20-11-9-19(27)10-12-20)25(32)30(26(29)34)21-5-3-2-4-6-21/h2-14,23H,15-17H2,1H3,(H,28,31)/t23-/m0/s1. The fourth-order valence-electron chi connectivity index (χ4n) is 3.86. The van der Waals surface area contributed by atoms with Gasteiger partial charge in [-0.05, 0) is 72.7 Å². The van der Waals surface area contributed by atoms with Gasteiger partial charge in [-0.3, -0.25) is 14.5 Å². The average molecular weight is 478 g/mol. The van der Waals surface area contributed by atoms with E-state index in [0.29, 0.717) is 29.5 Å². The predicted molar refractivity (Wildman–Crippen MR) is 133 cm³/mol. The number of rotatable bonds is 8. The van der Waals surface area contributed by atoms with Crippen LogP contribution in [0, 0.1) is 5.82 Å². The Bertz CT molecular complexity index is 1170. The predicted octanol–water partition coefficient (Wildman–Crippen LogP) is 4.41. The third-order valence-corrected chi connectivity index (χ3v) is 6.06. The van der Waals surface area contributed by atoms with Gasteiger partial charge in [-0.15, -0.1) is 0 Å². The molecule has 3 aromatic carbocycles. The summed E-state index contributed by atoms with van der Waals surface area (Å²) in [5.41, 5.74) is 2.18. The van der Waals surface area contributed by atoms with Crippen LogP contribution in [0.25, 0.3) is 0 Å². The van der Waals surface area contributed by atoms with Gasteiger partial charge in [0.05, 0.1) is 19.2 Å². The van der Waals surface area contributed by atoms with Gasteiger partial charge in [0.1, 0.15) is 17.6 Å². The SMILES string of the molecule is COc1ccc(CCN2C(=S)N(c3ccccc3)C(=O)[C@@H]2CC(=O)Nc2ccc(F)cc2)cc1. The Morgan fingerprint density at radius 1 is 1.03 bits per heavy atom. The number of amides is 2. The highest BCUT2D eigenvalue weighted by molar-refractivity contribution is 7.80. The fourth-order valence-corrected chi connectivity index (χ4v) is 4.28. The summed E-state index contributed by atoms with van der Waals surface area (Å²) < 4.78 is 18.4. The van der Waals surface area contributed by atoms with E-state index in [0.717, 1.165) is 11.3 Å². The van der Waals surface area contributed by atoms with Gasteiger partial charge < -0.3 is 15.0 Å². The van der Waals surface area contributed by atoms with E-state index in [1.807, 2.05) is 54.6 Å². The molecule has 174 valence electrons. The largest absolute Gasteiger partial charge is 0.497 e. The maximum Gasteiger partial charge on any atom is 0.256 e. The molecule has 4 rings (SSSR count). The van der Waals surface area contributed by atoms with Crippen molar-refractivity contribution in [2.75, 3.05) is 23.9 Å². The zero-order valence-corrected chi connectivity index (χ0v) is 19.4. The second-order valence-electron chi connectivity index (χ2n) is 7.86. The lowest BCUT2D eigenvalue weighted by molar-refractivity contribution is -0.124. The minimum Gasteiger partial charge on any atom is -0.497 e. The van der Waals surface area contributed by atoms with Crippen molar-refractivity contribution >= 4 is 40.5 Å². The molecule has 0 aromatic heterocycles. The summed E-state index contributed by atoms with van der Waals surface area (Å²) in [5, 5.41) is 3.10. The fraction of sp³-hybridized carbons (Fsp3) is 0.192. The van der Waals surface area contributed by atoms with Crippen molar-refractivity contribution in [1.82, 2.24) is 4.90 Å². The van der Waals surface area contributed by atoms with Crippen LogP contribution in [-0.4, -0.2) is 41.5 Å². The first-order valence-corrected chi connectivity index (χ1v) is 11.2. The number of halogens is 1. The number of hydrogen-bond acceptors (Lipinski definition) is 4. The van der Waals surface area contributed by atoms with Crippen LogP contribution in [0.2, 0.25) is 0 Å². The van der Waals surface area contributed by atoms with E-state index < -0.39 is 11.9 Å². The first kappa shape index (κ1) is 23.4. The smallest absolute Gasteiger partial charge is 0.256 e. The van der Waals surface area contributed by atoms with Gasteiger partial charge in [-0.1, -0.05) is 30.3 Å². The molecule has 1 fully saturated rings. The number of nitrogens with zero attached hydrogens (tertiary/aromatic N) is 2. The van der Waals surface area contributed by atoms with Crippen molar-refractivity contribution in [3.63, 3.8) is 0 Å². The quantitative estimate of drug-likeness (QED) is 0.487. The first-order chi connectivity index (χ1) is 16.5. The molecule has 1 atom stereocenters. The summed E-state index contributed by atoms with van der Waals surface area (Å²) in [6.07, 6.45) is 0.554. The lowest BCUT2D eigenvalue weighted by Gasteiger charge is -2.24. The normalized spacial score (nSPS) is 15.5. The van der Waals surface area contributed by atoms with Crippen LogP contribution in [0.1, 0.15) is 12.0 Å². The Hall–Kier alpha value is -3.78. The minimum absolute atomic E-state index is 0.0811. The molecule has 34 heavy (non-hydrogen) atoms. The van der Waals surface area contributed by atoms with Gasteiger partial charge in [-0.2, -0.15) is 0 Å². The molecule has 1 saturated heterocycles. The number of nitrogens with one attached hydrogen (secondary N) is 1. The molecule has 0 saturated carbocycles. The first-order valence-electron chi connectivity index (χ1n) is 10.8. The van der Waals surface area contributed by atoms with Crippen molar-refractivity contribution in [2.24, 2.45) is 0 Å². The van der Waals surface area contributed by atoms with Crippen molar-refractivity contribution in [2.45, 2.75) is 18.9 Å².